The number of anilines is 1. The van der Waals surface area contributed by atoms with Gasteiger partial charge in [0.05, 0.1) is 5.69 Å². The highest BCUT2D eigenvalue weighted by molar-refractivity contribution is 9.10. The molecular formula is C14H12BrFN2O3. The van der Waals surface area contributed by atoms with Gasteiger partial charge < -0.3 is 0 Å². The molecule has 110 valence electrons. The van der Waals surface area contributed by atoms with Crippen molar-refractivity contribution in [2.75, 3.05) is 4.90 Å². The third kappa shape index (κ3) is 2.07. The van der Waals surface area contributed by atoms with Crippen LogP contribution in [0.25, 0.3) is 0 Å². The van der Waals surface area contributed by atoms with E-state index in [1.165, 1.54) is 18.2 Å². The topological polar surface area (TPSA) is 66.5 Å². The smallest absolute Gasteiger partial charge is 0.276 e. The van der Waals surface area contributed by atoms with Crippen molar-refractivity contribution < 1.29 is 18.8 Å². The van der Waals surface area contributed by atoms with E-state index in [1.807, 2.05) is 0 Å². The molecule has 21 heavy (non-hydrogen) atoms. The zero-order valence-electron chi connectivity index (χ0n) is 11.0. The zero-order valence-corrected chi connectivity index (χ0v) is 12.6. The summed E-state index contributed by atoms with van der Waals surface area (Å²) in [6.45, 7) is 0. The second-order valence-electron chi connectivity index (χ2n) is 5.28. The van der Waals surface area contributed by atoms with Crippen molar-refractivity contribution in [3.63, 3.8) is 0 Å². The number of imide groups is 2. The predicted molar refractivity (Wildman–Crippen MR) is 76.0 cm³/mol. The minimum Gasteiger partial charge on any atom is -0.276 e. The second-order valence-corrected chi connectivity index (χ2v) is 6.14. The Morgan fingerprint density at radius 3 is 2.48 bits per heavy atom. The Balaban J connectivity index is 2.07. The van der Waals surface area contributed by atoms with Crippen LogP contribution in [0.5, 0.6) is 0 Å². The van der Waals surface area contributed by atoms with Crippen LogP contribution in [-0.4, -0.2) is 17.8 Å². The van der Waals surface area contributed by atoms with Crippen LogP contribution in [0.1, 0.15) is 25.7 Å². The lowest BCUT2D eigenvalue weighted by atomic mass is 9.82. The molecule has 3 rings (SSSR count). The molecule has 0 radical (unpaired) electrons. The van der Waals surface area contributed by atoms with E-state index in [-0.39, 0.29) is 10.2 Å². The van der Waals surface area contributed by atoms with Crippen LogP contribution < -0.4 is 10.2 Å². The zero-order chi connectivity index (χ0) is 15.2. The largest absolute Gasteiger partial charge is 0.335 e. The Bertz CT molecular complexity index is 656. The molecule has 1 heterocycles. The molecule has 0 atom stereocenters. The van der Waals surface area contributed by atoms with E-state index in [0.29, 0.717) is 12.8 Å². The number of carbonyl (C=O) groups is 3. The van der Waals surface area contributed by atoms with E-state index in [2.05, 4.69) is 21.2 Å². The van der Waals surface area contributed by atoms with Gasteiger partial charge in [0.1, 0.15) is 11.2 Å². The molecule has 1 aliphatic heterocycles. The molecule has 1 N–H and O–H groups in total. The number of urea groups is 1. The molecule has 1 aromatic carbocycles. The lowest BCUT2D eigenvalue weighted by molar-refractivity contribution is -0.142. The minimum absolute atomic E-state index is 0.234. The first-order valence-corrected chi connectivity index (χ1v) is 7.40. The molecule has 0 aromatic heterocycles. The maximum atomic E-state index is 13.2. The SMILES string of the molecule is O=C1NC(=O)C2(CCCC2)C(=O)N1c1ccc(F)cc1Br. The summed E-state index contributed by atoms with van der Waals surface area (Å²) in [5, 5.41) is 2.25. The van der Waals surface area contributed by atoms with E-state index in [9.17, 15) is 18.8 Å². The van der Waals surface area contributed by atoms with Gasteiger partial charge in [-0.25, -0.2) is 14.1 Å². The monoisotopic (exact) mass is 354 g/mol. The number of carbonyl (C=O) groups excluding carboxylic acids is 3. The molecule has 1 aliphatic carbocycles. The van der Waals surface area contributed by atoms with Crippen LogP contribution in [0.15, 0.2) is 22.7 Å². The first kappa shape index (κ1) is 14.2. The van der Waals surface area contributed by atoms with E-state index in [1.54, 1.807) is 0 Å². The Hall–Kier alpha value is -1.76. The number of barbiturate groups is 1. The highest BCUT2D eigenvalue weighted by Gasteiger charge is 2.55. The van der Waals surface area contributed by atoms with Crippen molar-refractivity contribution >= 4 is 39.5 Å². The fourth-order valence-corrected chi connectivity index (χ4v) is 3.51. The Morgan fingerprint density at radius 1 is 1.19 bits per heavy atom. The molecule has 4 amide bonds. The van der Waals surface area contributed by atoms with Gasteiger partial charge in [-0.3, -0.25) is 14.9 Å². The van der Waals surface area contributed by atoms with Crippen molar-refractivity contribution in [2.45, 2.75) is 25.7 Å². The molecule has 7 heteroatoms. The summed E-state index contributed by atoms with van der Waals surface area (Å²) in [7, 11) is 0. The summed E-state index contributed by atoms with van der Waals surface area (Å²) in [5.74, 6) is -1.53. The molecule has 2 aliphatic rings. The van der Waals surface area contributed by atoms with Crippen molar-refractivity contribution in [3.05, 3.63) is 28.5 Å². The third-order valence-corrected chi connectivity index (χ3v) is 4.71. The summed E-state index contributed by atoms with van der Waals surface area (Å²) in [5.41, 5.74) is -0.931. The molecule has 1 saturated carbocycles. The Morgan fingerprint density at radius 2 is 1.86 bits per heavy atom. The van der Waals surface area contributed by atoms with Crippen LogP contribution in [0, 0.1) is 11.2 Å². The number of benzene rings is 1. The van der Waals surface area contributed by atoms with Gasteiger partial charge in [-0.15, -0.1) is 0 Å². The maximum Gasteiger partial charge on any atom is 0.335 e. The number of amides is 4. The van der Waals surface area contributed by atoms with Crippen molar-refractivity contribution in [1.29, 1.82) is 0 Å². The third-order valence-electron chi connectivity index (χ3n) is 4.08. The fraction of sp³-hybridized carbons (Fsp3) is 0.357. The summed E-state index contributed by atoms with van der Waals surface area (Å²) in [6, 6.07) is 2.89. The van der Waals surface area contributed by atoms with Crippen LogP contribution >= 0.6 is 15.9 Å². The normalized spacial score (nSPS) is 21.0. The Labute approximate surface area is 128 Å². The molecular weight excluding hydrogens is 343 g/mol. The number of nitrogens with one attached hydrogen (secondary N) is 1. The van der Waals surface area contributed by atoms with Crippen molar-refractivity contribution in [1.82, 2.24) is 5.32 Å². The van der Waals surface area contributed by atoms with Crippen LogP contribution in [0.4, 0.5) is 14.9 Å². The molecule has 1 aromatic rings. The lowest BCUT2D eigenvalue weighted by Crippen LogP contribution is -2.63. The first-order valence-electron chi connectivity index (χ1n) is 6.61. The average molecular weight is 355 g/mol. The molecule has 1 saturated heterocycles. The van der Waals surface area contributed by atoms with Crippen LogP contribution in [-0.2, 0) is 9.59 Å². The van der Waals surface area contributed by atoms with E-state index in [4.69, 9.17) is 0 Å². The number of hydrogen-bond donors (Lipinski definition) is 1. The van der Waals surface area contributed by atoms with Crippen molar-refractivity contribution in [2.24, 2.45) is 5.41 Å². The van der Waals surface area contributed by atoms with Gasteiger partial charge in [-0.05, 0) is 47.0 Å². The van der Waals surface area contributed by atoms with Crippen molar-refractivity contribution in [3.8, 4) is 0 Å². The quantitative estimate of drug-likeness (QED) is 0.788. The molecule has 0 unspecified atom stereocenters. The minimum atomic E-state index is -1.16. The van der Waals surface area contributed by atoms with Crippen LogP contribution in [0.3, 0.4) is 0 Å². The number of halogens is 2. The van der Waals surface area contributed by atoms with Gasteiger partial charge in [-0.2, -0.15) is 0 Å². The summed E-state index contributed by atoms with van der Waals surface area (Å²) >= 11 is 3.15. The second kappa shape index (κ2) is 4.91. The molecule has 2 fully saturated rings. The molecule has 0 bridgehead atoms. The number of nitrogens with zero attached hydrogens (tertiary/aromatic N) is 1. The van der Waals surface area contributed by atoms with Gasteiger partial charge in [-0.1, -0.05) is 12.8 Å². The fourth-order valence-electron chi connectivity index (χ4n) is 2.98. The number of rotatable bonds is 1. The van der Waals surface area contributed by atoms with Gasteiger partial charge in [0.2, 0.25) is 5.91 Å². The lowest BCUT2D eigenvalue weighted by Gasteiger charge is -2.37. The molecule has 1 spiro atoms. The van der Waals surface area contributed by atoms with E-state index in [0.717, 1.165) is 17.7 Å². The molecule has 5 nitrogen and oxygen atoms in total. The summed E-state index contributed by atoms with van der Waals surface area (Å²) in [6.07, 6.45) is 2.40. The highest BCUT2D eigenvalue weighted by atomic mass is 79.9. The summed E-state index contributed by atoms with van der Waals surface area (Å²) < 4.78 is 13.5. The van der Waals surface area contributed by atoms with Gasteiger partial charge in [0, 0.05) is 4.47 Å². The average Bonchev–Trinajstić information content (AvgIpc) is 2.90. The van der Waals surface area contributed by atoms with Gasteiger partial charge in [0.15, 0.2) is 0 Å². The van der Waals surface area contributed by atoms with E-state index >= 15 is 0 Å². The first-order chi connectivity index (χ1) is 9.95. The standard InChI is InChI=1S/C14H12BrFN2O3/c15-9-7-8(16)3-4-10(9)18-12(20)14(5-1-2-6-14)11(19)17-13(18)21/h3-4,7H,1-2,5-6H2,(H,17,19,21). The predicted octanol–water partition coefficient (Wildman–Crippen LogP) is 2.73. The highest BCUT2D eigenvalue weighted by Crippen LogP contribution is 2.43. The van der Waals surface area contributed by atoms with Gasteiger partial charge in [0.25, 0.3) is 5.91 Å². The van der Waals surface area contributed by atoms with Gasteiger partial charge >= 0.3 is 6.03 Å². The number of hydrogen-bond acceptors (Lipinski definition) is 3. The Kier molecular flexibility index (Phi) is 3.32. The summed E-state index contributed by atoms with van der Waals surface area (Å²) in [4.78, 5) is 37.8. The maximum absolute atomic E-state index is 13.2. The van der Waals surface area contributed by atoms with Crippen LogP contribution in [0.2, 0.25) is 0 Å². The van der Waals surface area contributed by atoms with E-state index < -0.39 is 29.1 Å².